The van der Waals surface area contributed by atoms with E-state index in [0.717, 1.165) is 17.5 Å². The summed E-state index contributed by atoms with van der Waals surface area (Å²) in [6, 6.07) is 24.4. The molecular weight excluding hydrogens is 540 g/mol. The van der Waals surface area contributed by atoms with Crippen LogP contribution in [0, 0.1) is 0 Å². The molecule has 8 heteroatoms. The van der Waals surface area contributed by atoms with Crippen molar-refractivity contribution in [1.82, 2.24) is 15.0 Å². The predicted molar refractivity (Wildman–Crippen MR) is 167 cm³/mol. The average Bonchev–Trinajstić information content (AvgIpc) is 3.49. The second-order valence-corrected chi connectivity index (χ2v) is 12.0. The van der Waals surface area contributed by atoms with Gasteiger partial charge in [-0.25, -0.2) is 0 Å². The van der Waals surface area contributed by atoms with E-state index >= 15 is 0 Å². The number of rotatable bonds is 8. The fraction of sp³-hybridized carbons (Fsp3) is 0.257. The highest BCUT2D eigenvalue weighted by Gasteiger charge is 2.32. The minimum absolute atomic E-state index is 0.192. The van der Waals surface area contributed by atoms with E-state index in [9.17, 15) is 9.59 Å². The van der Waals surface area contributed by atoms with Crippen molar-refractivity contribution in [3.05, 3.63) is 120 Å². The highest BCUT2D eigenvalue weighted by atomic mass is 16.6. The van der Waals surface area contributed by atoms with E-state index in [-0.39, 0.29) is 19.0 Å². The van der Waals surface area contributed by atoms with Gasteiger partial charge in [-0.2, -0.15) is 4.98 Å². The number of ether oxygens (including phenoxy) is 1. The number of nitrogens with two attached hydrogens (primary N) is 1. The molecule has 3 aromatic carbocycles. The van der Waals surface area contributed by atoms with Crippen LogP contribution in [-0.2, 0) is 21.5 Å². The number of esters is 1. The van der Waals surface area contributed by atoms with Gasteiger partial charge >= 0.3 is 5.97 Å². The molecule has 0 saturated heterocycles. The Labute approximate surface area is 251 Å². The van der Waals surface area contributed by atoms with Crippen molar-refractivity contribution in [2.24, 2.45) is 0 Å². The smallest absolute Gasteiger partial charge is 0.326 e. The van der Waals surface area contributed by atoms with Crippen LogP contribution in [0.15, 0.2) is 102 Å². The third-order valence-corrected chi connectivity index (χ3v) is 7.17. The van der Waals surface area contributed by atoms with Crippen LogP contribution in [0.5, 0.6) is 0 Å². The van der Waals surface area contributed by atoms with E-state index < -0.39 is 17.0 Å². The molecule has 0 spiro atoms. The number of amides is 1. The quantitative estimate of drug-likeness (QED) is 0.186. The SMILES string of the molecule is CC(C)(C)OC(=O)CN(Cc1ccc(-c2noc(C3(C)C=CC(c4ccccc4)=CC3)n2)cc1)C(=O)c1ccc(N)cc1. The molecule has 1 unspecified atom stereocenters. The topological polar surface area (TPSA) is 112 Å². The van der Waals surface area contributed by atoms with Crippen molar-refractivity contribution < 1.29 is 18.8 Å². The zero-order chi connectivity index (χ0) is 30.6. The third kappa shape index (κ3) is 7.27. The molecule has 0 radical (unpaired) electrons. The summed E-state index contributed by atoms with van der Waals surface area (Å²) in [5, 5.41) is 4.25. The Morgan fingerprint density at radius 1 is 0.977 bits per heavy atom. The minimum Gasteiger partial charge on any atom is -0.459 e. The van der Waals surface area contributed by atoms with Gasteiger partial charge in [-0.3, -0.25) is 9.59 Å². The van der Waals surface area contributed by atoms with Crippen LogP contribution in [0.25, 0.3) is 17.0 Å². The number of aromatic nitrogens is 2. The van der Waals surface area contributed by atoms with E-state index in [1.54, 1.807) is 45.0 Å². The lowest BCUT2D eigenvalue weighted by atomic mass is 9.80. The molecule has 0 aliphatic heterocycles. The van der Waals surface area contributed by atoms with Crippen LogP contribution in [0.4, 0.5) is 5.69 Å². The molecule has 4 aromatic rings. The molecule has 2 N–H and O–H groups in total. The van der Waals surface area contributed by atoms with Gasteiger partial charge in [0, 0.05) is 23.4 Å². The molecule has 8 nitrogen and oxygen atoms in total. The van der Waals surface area contributed by atoms with E-state index in [1.165, 1.54) is 16.0 Å². The van der Waals surface area contributed by atoms with Gasteiger partial charge in [0.2, 0.25) is 11.7 Å². The summed E-state index contributed by atoms with van der Waals surface area (Å²) in [4.78, 5) is 32.2. The summed E-state index contributed by atoms with van der Waals surface area (Å²) in [6.45, 7) is 7.48. The Balaban J connectivity index is 1.30. The number of anilines is 1. The number of hydrogen-bond acceptors (Lipinski definition) is 7. The number of carbonyl (C=O) groups excluding carboxylic acids is 2. The monoisotopic (exact) mass is 576 g/mol. The summed E-state index contributed by atoms with van der Waals surface area (Å²) in [5.41, 5.74) is 9.67. The van der Waals surface area contributed by atoms with Crippen molar-refractivity contribution in [3.8, 4) is 11.4 Å². The van der Waals surface area contributed by atoms with Crippen LogP contribution in [0.1, 0.15) is 61.5 Å². The standard InChI is InChI=1S/C35H36N4O4/c1-34(2,3)42-30(40)23-39(32(41)28-14-16-29(36)17-15-28)22-24-10-12-27(13-11-24)31-37-33(43-38-31)35(4)20-18-26(19-21-35)25-8-6-5-7-9-25/h5-20H,21-23,36H2,1-4H3. The van der Waals surface area contributed by atoms with Crippen LogP contribution < -0.4 is 5.73 Å². The molecule has 1 aliphatic rings. The molecule has 1 amide bonds. The van der Waals surface area contributed by atoms with Crippen LogP contribution in [-0.4, -0.2) is 39.1 Å². The Morgan fingerprint density at radius 3 is 2.30 bits per heavy atom. The van der Waals surface area contributed by atoms with E-state index in [1.807, 2.05) is 42.5 Å². The normalized spacial score (nSPS) is 16.4. The molecule has 1 atom stereocenters. The van der Waals surface area contributed by atoms with Gasteiger partial charge in [0.25, 0.3) is 5.91 Å². The van der Waals surface area contributed by atoms with Gasteiger partial charge < -0.3 is 19.9 Å². The molecule has 43 heavy (non-hydrogen) atoms. The Kier molecular flexibility index (Phi) is 8.30. The van der Waals surface area contributed by atoms with Gasteiger partial charge in [-0.15, -0.1) is 0 Å². The summed E-state index contributed by atoms with van der Waals surface area (Å²) in [7, 11) is 0. The lowest BCUT2D eigenvalue weighted by molar-refractivity contribution is -0.155. The second kappa shape index (κ2) is 12.1. The molecule has 0 bridgehead atoms. The zero-order valence-electron chi connectivity index (χ0n) is 24.9. The summed E-state index contributed by atoms with van der Waals surface area (Å²) >= 11 is 0. The molecule has 220 valence electrons. The first-order valence-electron chi connectivity index (χ1n) is 14.2. The second-order valence-electron chi connectivity index (χ2n) is 12.0. The van der Waals surface area contributed by atoms with E-state index in [0.29, 0.717) is 23.0 Å². The maximum atomic E-state index is 13.4. The first-order valence-corrected chi connectivity index (χ1v) is 14.2. The third-order valence-electron chi connectivity index (χ3n) is 7.17. The Hall–Kier alpha value is -4.98. The van der Waals surface area contributed by atoms with Gasteiger partial charge in [-0.1, -0.05) is 78.0 Å². The van der Waals surface area contributed by atoms with Gasteiger partial charge in [-0.05, 0) is 75.1 Å². The number of carbonyl (C=O) groups is 2. The van der Waals surface area contributed by atoms with Crippen LogP contribution in [0.3, 0.4) is 0 Å². The number of nitrogen functional groups attached to an aromatic ring is 1. The van der Waals surface area contributed by atoms with E-state index in [2.05, 4.69) is 42.4 Å². The minimum atomic E-state index is -0.664. The number of allylic oxidation sites excluding steroid dienone is 4. The molecular formula is C35H36N4O4. The highest BCUT2D eigenvalue weighted by Crippen LogP contribution is 2.36. The number of benzene rings is 3. The summed E-state index contributed by atoms with van der Waals surface area (Å²) < 4.78 is 11.2. The average molecular weight is 577 g/mol. The van der Waals surface area contributed by atoms with Gasteiger partial charge in [0.1, 0.15) is 12.1 Å². The molecule has 5 rings (SSSR count). The van der Waals surface area contributed by atoms with Gasteiger partial charge in [0.15, 0.2) is 0 Å². The van der Waals surface area contributed by atoms with Crippen LogP contribution in [0.2, 0.25) is 0 Å². The fourth-order valence-electron chi connectivity index (χ4n) is 4.82. The predicted octanol–water partition coefficient (Wildman–Crippen LogP) is 6.60. The zero-order valence-corrected chi connectivity index (χ0v) is 24.9. The largest absolute Gasteiger partial charge is 0.459 e. The molecule has 0 saturated carbocycles. The molecule has 0 fully saturated rings. The maximum absolute atomic E-state index is 13.4. The van der Waals surface area contributed by atoms with Crippen molar-refractivity contribution in [2.45, 2.75) is 51.7 Å². The summed E-state index contributed by atoms with van der Waals surface area (Å²) in [5.74, 6) is 0.251. The lowest BCUT2D eigenvalue weighted by Gasteiger charge is -2.25. The van der Waals surface area contributed by atoms with Crippen molar-refractivity contribution in [2.75, 3.05) is 12.3 Å². The van der Waals surface area contributed by atoms with E-state index in [4.69, 9.17) is 20.0 Å². The number of hydrogen-bond donors (Lipinski definition) is 1. The molecule has 1 aromatic heterocycles. The maximum Gasteiger partial charge on any atom is 0.326 e. The highest BCUT2D eigenvalue weighted by molar-refractivity contribution is 5.96. The lowest BCUT2D eigenvalue weighted by Crippen LogP contribution is -2.38. The van der Waals surface area contributed by atoms with Crippen LogP contribution >= 0.6 is 0 Å². The summed E-state index contributed by atoms with van der Waals surface area (Å²) in [6.07, 6.45) is 7.16. The van der Waals surface area contributed by atoms with Crippen molar-refractivity contribution in [1.29, 1.82) is 0 Å². The van der Waals surface area contributed by atoms with Crippen molar-refractivity contribution in [3.63, 3.8) is 0 Å². The van der Waals surface area contributed by atoms with Gasteiger partial charge in [0.05, 0.1) is 5.41 Å². The van der Waals surface area contributed by atoms with Crippen molar-refractivity contribution >= 4 is 23.1 Å². The molecule has 1 heterocycles. The fourth-order valence-corrected chi connectivity index (χ4v) is 4.82. The Bertz CT molecular complexity index is 1650. The number of nitrogens with zero attached hydrogens (tertiary/aromatic N) is 3. The Morgan fingerprint density at radius 2 is 1.67 bits per heavy atom. The molecule has 1 aliphatic carbocycles. The first-order chi connectivity index (χ1) is 20.5. The first kappa shape index (κ1) is 29.5.